The number of piperazine rings is 1. The highest BCUT2D eigenvalue weighted by Crippen LogP contribution is 2.29. The van der Waals surface area contributed by atoms with Crippen molar-refractivity contribution in [2.24, 2.45) is 0 Å². The second-order valence-electron chi connectivity index (χ2n) is 9.10. The first kappa shape index (κ1) is 25.6. The van der Waals surface area contributed by atoms with Crippen LogP contribution >= 0.6 is 0 Å². The van der Waals surface area contributed by atoms with Crippen LogP contribution in [0, 0.1) is 0 Å². The van der Waals surface area contributed by atoms with E-state index in [0.29, 0.717) is 17.2 Å². The molecule has 4 rings (SSSR count). The molecule has 3 aromatic rings. The van der Waals surface area contributed by atoms with Gasteiger partial charge < -0.3 is 10.2 Å². The van der Waals surface area contributed by atoms with Crippen molar-refractivity contribution in [3.63, 3.8) is 0 Å². The zero-order valence-corrected chi connectivity index (χ0v) is 20.2. The van der Waals surface area contributed by atoms with Gasteiger partial charge in [0.05, 0.1) is 5.56 Å². The van der Waals surface area contributed by atoms with Crippen LogP contribution < -0.4 is 10.2 Å². The standard InChI is InChI=1S/C28H28F3N3O2/c1-19-17-34(16-15-32-19)18-20-3-13-25(14-4-20)33(2)27(36)23-7-5-21(6-8-23)26(35)22-9-11-24(12-10-22)28(29,30)31/h3-14,19,32H,15-18H2,1-2H3/t19-/m0/s1. The van der Waals surface area contributed by atoms with Gasteiger partial charge in [-0.3, -0.25) is 14.5 Å². The molecule has 0 saturated carbocycles. The molecule has 1 heterocycles. The first-order valence-electron chi connectivity index (χ1n) is 11.8. The van der Waals surface area contributed by atoms with Gasteiger partial charge in [0.1, 0.15) is 0 Å². The van der Waals surface area contributed by atoms with E-state index in [1.165, 1.54) is 17.7 Å². The van der Waals surface area contributed by atoms with Crippen LogP contribution in [0.4, 0.5) is 18.9 Å². The van der Waals surface area contributed by atoms with E-state index in [0.717, 1.165) is 56.1 Å². The predicted molar refractivity (Wildman–Crippen MR) is 133 cm³/mol. The van der Waals surface area contributed by atoms with Gasteiger partial charge in [-0.1, -0.05) is 36.4 Å². The molecule has 188 valence electrons. The number of hydrogen-bond donors (Lipinski definition) is 1. The van der Waals surface area contributed by atoms with Gasteiger partial charge in [-0.05, 0) is 48.9 Å². The molecule has 0 spiro atoms. The maximum absolute atomic E-state index is 13.0. The van der Waals surface area contributed by atoms with Crippen molar-refractivity contribution < 1.29 is 22.8 Å². The Balaban J connectivity index is 1.39. The number of anilines is 1. The normalized spacial score (nSPS) is 16.5. The van der Waals surface area contributed by atoms with Crippen molar-refractivity contribution in [2.75, 3.05) is 31.6 Å². The number of alkyl halides is 3. The van der Waals surface area contributed by atoms with Gasteiger partial charge >= 0.3 is 6.18 Å². The van der Waals surface area contributed by atoms with Crippen molar-refractivity contribution in [3.8, 4) is 0 Å². The molecule has 1 aliphatic heterocycles. The highest BCUT2D eigenvalue weighted by atomic mass is 19.4. The van der Waals surface area contributed by atoms with Crippen LogP contribution in [0.1, 0.15) is 44.3 Å². The summed E-state index contributed by atoms with van der Waals surface area (Å²) >= 11 is 0. The van der Waals surface area contributed by atoms with E-state index >= 15 is 0 Å². The number of nitrogens with zero attached hydrogens (tertiary/aromatic N) is 2. The van der Waals surface area contributed by atoms with E-state index in [2.05, 4.69) is 17.1 Å². The Morgan fingerprint density at radius 3 is 2.03 bits per heavy atom. The summed E-state index contributed by atoms with van der Waals surface area (Å²) in [6, 6.07) is 18.6. The average Bonchev–Trinajstić information content (AvgIpc) is 2.87. The second-order valence-corrected chi connectivity index (χ2v) is 9.10. The monoisotopic (exact) mass is 495 g/mol. The van der Waals surface area contributed by atoms with E-state index in [-0.39, 0.29) is 11.5 Å². The number of rotatable bonds is 6. The third kappa shape index (κ3) is 6.01. The highest BCUT2D eigenvalue weighted by Gasteiger charge is 2.30. The third-order valence-electron chi connectivity index (χ3n) is 6.36. The van der Waals surface area contributed by atoms with Crippen LogP contribution in [0.2, 0.25) is 0 Å². The summed E-state index contributed by atoms with van der Waals surface area (Å²) in [7, 11) is 1.69. The fourth-order valence-electron chi connectivity index (χ4n) is 4.29. The maximum Gasteiger partial charge on any atom is 0.416 e. The smallest absolute Gasteiger partial charge is 0.312 e. The van der Waals surface area contributed by atoms with Gasteiger partial charge in [-0.15, -0.1) is 0 Å². The molecule has 0 aromatic heterocycles. The molecule has 36 heavy (non-hydrogen) atoms. The van der Waals surface area contributed by atoms with Crippen LogP contribution in [0.15, 0.2) is 72.8 Å². The lowest BCUT2D eigenvalue weighted by molar-refractivity contribution is -0.137. The van der Waals surface area contributed by atoms with Crippen LogP contribution in [0.5, 0.6) is 0 Å². The molecular weight excluding hydrogens is 467 g/mol. The lowest BCUT2D eigenvalue weighted by Crippen LogP contribution is -2.48. The van der Waals surface area contributed by atoms with Gasteiger partial charge in [0.15, 0.2) is 5.78 Å². The lowest BCUT2D eigenvalue weighted by Gasteiger charge is -2.31. The second kappa shape index (κ2) is 10.6. The summed E-state index contributed by atoms with van der Waals surface area (Å²) in [5.74, 6) is -0.641. The first-order chi connectivity index (χ1) is 17.1. The Hall–Kier alpha value is -3.49. The van der Waals surface area contributed by atoms with Gasteiger partial charge in [-0.2, -0.15) is 13.2 Å². The Morgan fingerprint density at radius 1 is 0.917 bits per heavy atom. The largest absolute Gasteiger partial charge is 0.416 e. The molecule has 0 unspecified atom stereocenters. The molecule has 8 heteroatoms. The zero-order chi connectivity index (χ0) is 25.9. The molecule has 1 saturated heterocycles. The fourth-order valence-corrected chi connectivity index (χ4v) is 4.29. The van der Waals surface area contributed by atoms with E-state index in [1.54, 1.807) is 24.1 Å². The molecule has 1 N–H and O–H groups in total. The Morgan fingerprint density at radius 2 is 1.47 bits per heavy atom. The van der Waals surface area contributed by atoms with Crippen molar-refractivity contribution >= 4 is 17.4 Å². The summed E-state index contributed by atoms with van der Waals surface area (Å²) in [4.78, 5) is 29.6. The number of ketones is 1. The van der Waals surface area contributed by atoms with Crippen LogP contribution in [0.3, 0.4) is 0 Å². The summed E-state index contributed by atoms with van der Waals surface area (Å²) in [6.45, 7) is 6.01. The van der Waals surface area contributed by atoms with Crippen LogP contribution in [-0.2, 0) is 12.7 Å². The third-order valence-corrected chi connectivity index (χ3v) is 6.36. The summed E-state index contributed by atoms with van der Waals surface area (Å²) in [6.07, 6.45) is -4.46. The Kier molecular flexibility index (Phi) is 7.56. The number of carbonyl (C=O) groups is 2. The van der Waals surface area contributed by atoms with Gasteiger partial charge in [-0.25, -0.2) is 0 Å². The van der Waals surface area contributed by atoms with Crippen molar-refractivity contribution in [1.82, 2.24) is 10.2 Å². The number of benzene rings is 3. The molecule has 1 aliphatic rings. The van der Waals surface area contributed by atoms with E-state index in [9.17, 15) is 22.8 Å². The van der Waals surface area contributed by atoms with E-state index in [1.807, 2.05) is 24.3 Å². The first-order valence-corrected chi connectivity index (χ1v) is 11.8. The van der Waals surface area contributed by atoms with Gasteiger partial charge in [0.2, 0.25) is 0 Å². The average molecular weight is 496 g/mol. The fraction of sp³-hybridized carbons (Fsp3) is 0.286. The van der Waals surface area contributed by atoms with Gasteiger partial charge in [0.25, 0.3) is 5.91 Å². The molecule has 5 nitrogen and oxygen atoms in total. The van der Waals surface area contributed by atoms with E-state index < -0.39 is 17.5 Å². The Bertz CT molecular complexity index is 1210. The molecule has 0 radical (unpaired) electrons. The van der Waals surface area contributed by atoms with Crippen molar-refractivity contribution in [2.45, 2.75) is 25.7 Å². The van der Waals surface area contributed by atoms with Crippen LogP contribution in [-0.4, -0.2) is 49.3 Å². The highest BCUT2D eigenvalue weighted by molar-refractivity contribution is 6.10. The van der Waals surface area contributed by atoms with Crippen molar-refractivity contribution in [1.29, 1.82) is 0 Å². The predicted octanol–water partition coefficient (Wildman–Crippen LogP) is 5.01. The lowest BCUT2D eigenvalue weighted by atomic mass is 10.0. The van der Waals surface area contributed by atoms with Crippen molar-refractivity contribution in [3.05, 3.63) is 101 Å². The molecule has 0 aliphatic carbocycles. The summed E-state index contributed by atoms with van der Waals surface area (Å²) in [5.41, 5.74) is 1.96. The Labute approximate surface area is 208 Å². The minimum Gasteiger partial charge on any atom is -0.312 e. The minimum atomic E-state index is -4.46. The molecule has 1 fully saturated rings. The van der Waals surface area contributed by atoms with Crippen LogP contribution in [0.25, 0.3) is 0 Å². The summed E-state index contributed by atoms with van der Waals surface area (Å²) < 4.78 is 38.3. The number of halogens is 3. The van der Waals surface area contributed by atoms with Gasteiger partial charge in [0, 0.05) is 61.6 Å². The summed E-state index contributed by atoms with van der Waals surface area (Å²) in [5, 5.41) is 3.43. The topological polar surface area (TPSA) is 52.7 Å². The molecule has 3 aromatic carbocycles. The number of amides is 1. The molecular formula is C28H28F3N3O2. The number of carbonyl (C=O) groups excluding carboxylic acids is 2. The van der Waals surface area contributed by atoms with E-state index in [4.69, 9.17) is 0 Å². The molecule has 1 atom stereocenters. The number of hydrogen-bond acceptors (Lipinski definition) is 4. The molecule has 1 amide bonds. The molecule has 0 bridgehead atoms. The SMILES string of the molecule is C[C@H]1CN(Cc2ccc(N(C)C(=O)c3ccc(C(=O)c4ccc(C(F)(F)F)cc4)cc3)cc2)CCN1. The maximum atomic E-state index is 13.0. The number of nitrogens with one attached hydrogen (secondary N) is 1. The zero-order valence-electron chi connectivity index (χ0n) is 20.2. The minimum absolute atomic E-state index is 0.148. The quantitative estimate of drug-likeness (QED) is 0.489.